The maximum Gasteiger partial charge on any atom is 0.336 e. The van der Waals surface area contributed by atoms with E-state index in [9.17, 15) is 19.2 Å². The third-order valence-electron chi connectivity index (χ3n) is 4.74. The van der Waals surface area contributed by atoms with Gasteiger partial charge in [0.1, 0.15) is 12.3 Å². The number of hydrogen-bond donors (Lipinski definition) is 3. The Morgan fingerprint density at radius 1 is 1.06 bits per heavy atom. The summed E-state index contributed by atoms with van der Waals surface area (Å²) in [5.74, 6) is -2.61. The van der Waals surface area contributed by atoms with Gasteiger partial charge < -0.3 is 25.2 Å². The molecule has 10 heteroatoms. The number of carbonyl (C=O) groups excluding carboxylic acids is 3. The van der Waals surface area contributed by atoms with Gasteiger partial charge in [-0.3, -0.25) is 14.4 Å². The molecule has 0 bridgehead atoms. The molecule has 1 aromatic carbocycles. The number of allylic oxidation sites excluding steroid dienone is 3. The number of aromatic nitrogens is 1. The molecule has 0 aliphatic heterocycles. The number of esters is 1. The first-order valence-electron chi connectivity index (χ1n) is 11.1. The number of methoxy groups -OCH3 is 1. The zero-order valence-corrected chi connectivity index (χ0v) is 20.6. The molecule has 1 aromatic heterocycles. The van der Waals surface area contributed by atoms with Crippen LogP contribution in [-0.4, -0.2) is 47.5 Å². The number of nitrogens with zero attached hydrogens (tertiary/aromatic N) is 1. The minimum Gasteiger partial charge on any atom is -0.494 e. The molecule has 0 saturated carbocycles. The van der Waals surface area contributed by atoms with Gasteiger partial charge in [0, 0.05) is 18.0 Å². The van der Waals surface area contributed by atoms with Gasteiger partial charge in [-0.15, -0.1) is 0 Å². The SMILES string of the molecule is COc1cc(C(=O)Nc2ccc(OC(=O)/C=C(\C)CCC=C(C)C)cc2)cnc1C(=O)NCC(=O)O. The third-order valence-corrected chi connectivity index (χ3v) is 4.74. The first kappa shape index (κ1) is 27.8. The van der Waals surface area contributed by atoms with Gasteiger partial charge in [0.05, 0.1) is 12.7 Å². The molecule has 10 nitrogen and oxygen atoms in total. The van der Waals surface area contributed by atoms with Crippen molar-refractivity contribution in [3.05, 3.63) is 71.1 Å². The van der Waals surface area contributed by atoms with Crippen LogP contribution in [0.5, 0.6) is 11.5 Å². The Balaban J connectivity index is 1.99. The van der Waals surface area contributed by atoms with Gasteiger partial charge in [0.25, 0.3) is 11.8 Å². The van der Waals surface area contributed by atoms with Crippen molar-refractivity contribution in [2.45, 2.75) is 33.6 Å². The summed E-state index contributed by atoms with van der Waals surface area (Å²) in [4.78, 5) is 51.4. The summed E-state index contributed by atoms with van der Waals surface area (Å²) < 4.78 is 10.4. The lowest BCUT2D eigenvalue weighted by molar-refractivity contribution is -0.135. The van der Waals surface area contributed by atoms with Crippen LogP contribution >= 0.6 is 0 Å². The standard InChI is InChI=1S/C26H29N3O7/c1-16(2)6-5-7-17(3)12-23(32)36-20-10-8-19(9-11-20)29-25(33)18-13-21(35-4)24(27-14-18)26(34)28-15-22(30)31/h6,8-14H,5,7,15H2,1-4H3,(H,28,34)(H,29,33)(H,30,31)/b17-12+. The number of rotatable bonds is 11. The van der Waals surface area contributed by atoms with Crippen LogP contribution in [0.25, 0.3) is 0 Å². The highest BCUT2D eigenvalue weighted by atomic mass is 16.5. The normalized spacial score (nSPS) is 10.7. The summed E-state index contributed by atoms with van der Waals surface area (Å²) in [7, 11) is 1.30. The number of ether oxygens (including phenoxy) is 2. The van der Waals surface area contributed by atoms with E-state index < -0.39 is 30.3 Å². The van der Waals surface area contributed by atoms with E-state index in [2.05, 4.69) is 21.7 Å². The lowest BCUT2D eigenvalue weighted by Crippen LogP contribution is -2.30. The van der Waals surface area contributed by atoms with Crippen molar-refractivity contribution in [3.8, 4) is 11.5 Å². The Labute approximate surface area is 209 Å². The number of amides is 2. The second kappa shape index (κ2) is 13.4. The number of carboxylic acid groups (broad SMARTS) is 1. The van der Waals surface area contributed by atoms with Crippen molar-refractivity contribution in [3.63, 3.8) is 0 Å². The number of benzene rings is 1. The second-order valence-electron chi connectivity index (χ2n) is 8.06. The number of aliphatic carboxylic acids is 1. The molecule has 2 aromatic rings. The van der Waals surface area contributed by atoms with Crippen LogP contribution in [-0.2, 0) is 9.59 Å². The molecule has 2 rings (SSSR count). The first-order valence-corrected chi connectivity index (χ1v) is 11.1. The van der Waals surface area contributed by atoms with Gasteiger partial charge in [-0.1, -0.05) is 17.2 Å². The van der Waals surface area contributed by atoms with Gasteiger partial charge in [0.15, 0.2) is 11.4 Å². The largest absolute Gasteiger partial charge is 0.494 e. The molecule has 0 saturated heterocycles. The Morgan fingerprint density at radius 2 is 1.75 bits per heavy atom. The molecule has 1 heterocycles. The molecule has 0 unspecified atom stereocenters. The Bertz CT molecular complexity index is 1180. The maximum absolute atomic E-state index is 12.6. The molecule has 0 spiro atoms. The van der Waals surface area contributed by atoms with Crippen molar-refractivity contribution < 1.29 is 33.8 Å². The molecule has 0 fully saturated rings. The zero-order valence-electron chi connectivity index (χ0n) is 20.6. The van der Waals surface area contributed by atoms with Crippen LogP contribution < -0.4 is 20.1 Å². The fourth-order valence-electron chi connectivity index (χ4n) is 2.95. The van der Waals surface area contributed by atoms with E-state index in [1.165, 1.54) is 31.0 Å². The van der Waals surface area contributed by atoms with Crippen molar-refractivity contribution in [2.24, 2.45) is 0 Å². The van der Waals surface area contributed by atoms with Crippen LogP contribution in [0.4, 0.5) is 5.69 Å². The molecule has 3 N–H and O–H groups in total. The molecular formula is C26H29N3O7. The molecule has 0 radical (unpaired) electrons. The van der Waals surface area contributed by atoms with E-state index in [-0.39, 0.29) is 17.0 Å². The van der Waals surface area contributed by atoms with E-state index >= 15 is 0 Å². The summed E-state index contributed by atoms with van der Waals surface area (Å²) in [6.45, 7) is 5.34. The number of pyridine rings is 1. The summed E-state index contributed by atoms with van der Waals surface area (Å²) in [6, 6.07) is 7.57. The molecular weight excluding hydrogens is 466 g/mol. The summed E-state index contributed by atoms with van der Waals surface area (Å²) in [5.41, 5.74) is 2.55. The highest BCUT2D eigenvalue weighted by Crippen LogP contribution is 2.20. The summed E-state index contributed by atoms with van der Waals surface area (Å²) in [6.07, 6.45) is 6.36. The Kier molecular flexibility index (Phi) is 10.4. The molecule has 36 heavy (non-hydrogen) atoms. The zero-order chi connectivity index (χ0) is 26.7. The van der Waals surface area contributed by atoms with E-state index in [0.29, 0.717) is 11.4 Å². The molecule has 0 aliphatic rings. The van der Waals surface area contributed by atoms with Crippen molar-refractivity contribution in [1.29, 1.82) is 0 Å². The molecule has 2 amide bonds. The van der Waals surface area contributed by atoms with Gasteiger partial charge in [-0.05, 0) is 63.9 Å². The van der Waals surface area contributed by atoms with Crippen LogP contribution in [0.15, 0.2) is 59.8 Å². The van der Waals surface area contributed by atoms with Crippen molar-refractivity contribution in [1.82, 2.24) is 10.3 Å². The number of carboxylic acids is 1. The van der Waals surface area contributed by atoms with Crippen LogP contribution in [0.2, 0.25) is 0 Å². The number of anilines is 1. The minimum atomic E-state index is -1.21. The summed E-state index contributed by atoms with van der Waals surface area (Å²) in [5, 5.41) is 13.5. The van der Waals surface area contributed by atoms with Crippen LogP contribution in [0.3, 0.4) is 0 Å². The van der Waals surface area contributed by atoms with Crippen LogP contribution in [0, 0.1) is 0 Å². The van der Waals surface area contributed by atoms with Gasteiger partial charge in [-0.2, -0.15) is 0 Å². The van der Waals surface area contributed by atoms with E-state index in [0.717, 1.165) is 18.4 Å². The predicted octanol–water partition coefficient (Wildman–Crippen LogP) is 3.76. The number of carbonyl (C=O) groups is 4. The van der Waals surface area contributed by atoms with Gasteiger partial charge >= 0.3 is 11.9 Å². The molecule has 190 valence electrons. The Hall–Kier alpha value is -4.47. The van der Waals surface area contributed by atoms with E-state index in [4.69, 9.17) is 14.6 Å². The van der Waals surface area contributed by atoms with Crippen LogP contribution in [0.1, 0.15) is 54.5 Å². The average molecular weight is 496 g/mol. The number of nitrogens with one attached hydrogen (secondary N) is 2. The highest BCUT2D eigenvalue weighted by Gasteiger charge is 2.18. The second-order valence-corrected chi connectivity index (χ2v) is 8.06. The first-order chi connectivity index (χ1) is 17.1. The van der Waals surface area contributed by atoms with E-state index in [1.54, 1.807) is 24.3 Å². The average Bonchev–Trinajstić information content (AvgIpc) is 2.82. The van der Waals surface area contributed by atoms with E-state index in [1.807, 2.05) is 20.8 Å². The lowest BCUT2D eigenvalue weighted by Gasteiger charge is -2.10. The maximum atomic E-state index is 12.6. The topological polar surface area (TPSA) is 144 Å². The van der Waals surface area contributed by atoms with Gasteiger partial charge in [0.2, 0.25) is 0 Å². The fraction of sp³-hybridized carbons (Fsp3) is 0.269. The fourth-order valence-corrected chi connectivity index (χ4v) is 2.95. The number of hydrogen-bond acceptors (Lipinski definition) is 7. The van der Waals surface area contributed by atoms with Crippen molar-refractivity contribution in [2.75, 3.05) is 19.0 Å². The minimum absolute atomic E-state index is 0.0111. The molecule has 0 atom stereocenters. The van der Waals surface area contributed by atoms with Gasteiger partial charge in [-0.25, -0.2) is 9.78 Å². The monoisotopic (exact) mass is 495 g/mol. The smallest absolute Gasteiger partial charge is 0.336 e. The van der Waals surface area contributed by atoms with Crippen molar-refractivity contribution >= 4 is 29.4 Å². The Morgan fingerprint density at radius 3 is 2.36 bits per heavy atom. The predicted molar refractivity (Wildman–Crippen MR) is 133 cm³/mol. The lowest BCUT2D eigenvalue weighted by atomic mass is 10.1. The quantitative estimate of drug-likeness (QED) is 0.185. The molecule has 0 aliphatic carbocycles. The highest BCUT2D eigenvalue weighted by molar-refractivity contribution is 6.05. The third kappa shape index (κ3) is 9.05. The summed E-state index contributed by atoms with van der Waals surface area (Å²) >= 11 is 0.